The van der Waals surface area contributed by atoms with Gasteiger partial charge in [0.1, 0.15) is 11.3 Å². The third-order valence-electron chi connectivity index (χ3n) is 5.25. The van der Waals surface area contributed by atoms with Crippen LogP contribution in [0.3, 0.4) is 0 Å². The number of hydrogen-bond acceptors (Lipinski definition) is 4. The van der Waals surface area contributed by atoms with E-state index >= 15 is 0 Å². The molecule has 0 spiro atoms. The Balaban J connectivity index is 1.71. The third-order valence-corrected chi connectivity index (χ3v) is 5.25. The van der Waals surface area contributed by atoms with E-state index in [9.17, 15) is 9.59 Å². The van der Waals surface area contributed by atoms with Crippen molar-refractivity contribution in [1.29, 1.82) is 0 Å². The second-order valence-electron chi connectivity index (χ2n) is 7.79. The number of ether oxygens (including phenoxy) is 1. The van der Waals surface area contributed by atoms with Gasteiger partial charge in [-0.25, -0.2) is 4.79 Å². The van der Waals surface area contributed by atoms with Crippen LogP contribution >= 0.6 is 0 Å². The van der Waals surface area contributed by atoms with E-state index in [1.165, 1.54) is 31.7 Å². The molecule has 1 atom stereocenters. The van der Waals surface area contributed by atoms with Gasteiger partial charge in [0.05, 0.1) is 0 Å². The first kappa shape index (κ1) is 19.5. The fraction of sp³-hybridized carbons (Fsp3) is 0.545. The van der Waals surface area contributed by atoms with Crippen molar-refractivity contribution >= 4 is 16.9 Å². The Morgan fingerprint density at radius 3 is 2.48 bits per heavy atom. The predicted octanol–water partition coefficient (Wildman–Crippen LogP) is 4.52. The predicted molar refractivity (Wildman–Crippen MR) is 106 cm³/mol. The van der Waals surface area contributed by atoms with Gasteiger partial charge in [0.25, 0.3) is 5.91 Å². The van der Waals surface area contributed by atoms with Crippen molar-refractivity contribution < 1.29 is 13.9 Å². The molecule has 3 rings (SSSR count). The molecule has 1 N–H and O–H groups in total. The van der Waals surface area contributed by atoms with Gasteiger partial charge < -0.3 is 14.5 Å². The summed E-state index contributed by atoms with van der Waals surface area (Å²) in [5.74, 6) is 0.641. The fourth-order valence-corrected chi connectivity index (χ4v) is 3.72. The highest BCUT2D eigenvalue weighted by Gasteiger charge is 2.20. The number of nitrogens with one attached hydrogen (secondary N) is 1. The standard InChI is InChI=1S/C22H29NO4/c1-14(2)19-13-21(24)27-20-12-17(10-11-18(19)20)26-15(3)22(25)23-16-8-6-4-5-7-9-16/h10-16H,4-9H2,1-3H3,(H,23,25). The van der Waals surface area contributed by atoms with Gasteiger partial charge in [-0.2, -0.15) is 0 Å². The van der Waals surface area contributed by atoms with Crippen LogP contribution in [0.15, 0.2) is 33.5 Å². The van der Waals surface area contributed by atoms with Crippen LogP contribution in [0.1, 0.15) is 70.8 Å². The van der Waals surface area contributed by atoms with Crippen LogP contribution in [-0.2, 0) is 4.79 Å². The minimum Gasteiger partial charge on any atom is -0.481 e. The molecule has 1 heterocycles. The molecule has 2 aromatic rings. The smallest absolute Gasteiger partial charge is 0.336 e. The molecule has 5 nitrogen and oxygen atoms in total. The lowest BCUT2D eigenvalue weighted by Gasteiger charge is -2.20. The Morgan fingerprint density at radius 2 is 1.81 bits per heavy atom. The van der Waals surface area contributed by atoms with Crippen LogP contribution in [0, 0.1) is 0 Å². The first-order valence-electron chi connectivity index (χ1n) is 9.99. The molecule has 5 heteroatoms. The normalized spacial score (nSPS) is 16.9. The maximum Gasteiger partial charge on any atom is 0.336 e. The molecule has 0 saturated heterocycles. The Hall–Kier alpha value is -2.30. The maximum atomic E-state index is 12.5. The van der Waals surface area contributed by atoms with Crippen molar-refractivity contribution in [3.63, 3.8) is 0 Å². The van der Waals surface area contributed by atoms with Crippen molar-refractivity contribution in [2.45, 2.75) is 77.4 Å². The summed E-state index contributed by atoms with van der Waals surface area (Å²) in [6, 6.07) is 7.19. The van der Waals surface area contributed by atoms with Gasteiger partial charge in [0, 0.05) is 23.6 Å². The summed E-state index contributed by atoms with van der Waals surface area (Å²) in [7, 11) is 0. The average Bonchev–Trinajstić information content (AvgIpc) is 2.89. The Kier molecular flexibility index (Phi) is 6.19. The molecular weight excluding hydrogens is 342 g/mol. The van der Waals surface area contributed by atoms with Crippen molar-refractivity contribution in [3.05, 3.63) is 40.2 Å². The maximum absolute atomic E-state index is 12.5. The highest BCUT2D eigenvalue weighted by Crippen LogP contribution is 2.27. The number of rotatable bonds is 5. The lowest BCUT2D eigenvalue weighted by molar-refractivity contribution is -0.128. The fourth-order valence-electron chi connectivity index (χ4n) is 3.72. The summed E-state index contributed by atoms with van der Waals surface area (Å²) in [5.41, 5.74) is 1.06. The third kappa shape index (κ3) is 4.90. The quantitative estimate of drug-likeness (QED) is 0.620. The monoisotopic (exact) mass is 371 g/mol. The average molecular weight is 371 g/mol. The molecule has 146 valence electrons. The minimum absolute atomic E-state index is 0.0978. The largest absolute Gasteiger partial charge is 0.481 e. The topological polar surface area (TPSA) is 68.5 Å². The zero-order valence-corrected chi connectivity index (χ0v) is 16.4. The Morgan fingerprint density at radius 1 is 1.11 bits per heavy atom. The first-order valence-corrected chi connectivity index (χ1v) is 9.99. The summed E-state index contributed by atoms with van der Waals surface area (Å²) in [5, 5.41) is 4.01. The second kappa shape index (κ2) is 8.59. The summed E-state index contributed by atoms with van der Waals surface area (Å²) in [4.78, 5) is 24.3. The van der Waals surface area contributed by atoms with E-state index < -0.39 is 6.10 Å². The highest BCUT2D eigenvalue weighted by atomic mass is 16.5. The van der Waals surface area contributed by atoms with E-state index in [0.717, 1.165) is 23.8 Å². The van der Waals surface area contributed by atoms with Crippen LogP contribution in [0.2, 0.25) is 0 Å². The minimum atomic E-state index is -0.606. The molecule has 0 radical (unpaired) electrons. The van der Waals surface area contributed by atoms with Gasteiger partial charge in [0.2, 0.25) is 0 Å². The van der Waals surface area contributed by atoms with E-state index in [1.807, 2.05) is 26.0 Å². The van der Waals surface area contributed by atoms with E-state index in [-0.39, 0.29) is 23.5 Å². The van der Waals surface area contributed by atoms with Crippen LogP contribution in [0.4, 0.5) is 0 Å². The van der Waals surface area contributed by atoms with Crippen molar-refractivity contribution in [1.82, 2.24) is 5.32 Å². The molecule has 27 heavy (non-hydrogen) atoms. The molecule has 1 unspecified atom stereocenters. The van der Waals surface area contributed by atoms with Gasteiger partial charge in [-0.15, -0.1) is 0 Å². The number of amides is 1. The number of hydrogen-bond donors (Lipinski definition) is 1. The van der Waals surface area contributed by atoms with Crippen molar-refractivity contribution in [2.75, 3.05) is 0 Å². The van der Waals surface area contributed by atoms with Gasteiger partial charge in [0.15, 0.2) is 6.10 Å². The van der Waals surface area contributed by atoms with Crippen molar-refractivity contribution in [2.24, 2.45) is 0 Å². The van der Waals surface area contributed by atoms with E-state index in [0.29, 0.717) is 11.3 Å². The molecule has 0 bridgehead atoms. The zero-order valence-electron chi connectivity index (χ0n) is 16.4. The SMILES string of the molecule is CC(Oc1ccc2c(C(C)C)cc(=O)oc2c1)C(=O)NC1CCCCCC1. The van der Waals surface area contributed by atoms with E-state index in [1.54, 1.807) is 13.0 Å². The van der Waals surface area contributed by atoms with Gasteiger partial charge in [-0.05, 0) is 43.4 Å². The molecule has 1 aromatic carbocycles. The van der Waals surface area contributed by atoms with Crippen LogP contribution < -0.4 is 15.7 Å². The molecular formula is C22H29NO4. The summed E-state index contributed by atoms with van der Waals surface area (Å²) in [6.07, 6.45) is 6.31. The number of carbonyl (C=O) groups is 1. The number of carbonyl (C=O) groups excluding carboxylic acids is 1. The molecule has 1 aliphatic carbocycles. The molecule has 1 aliphatic rings. The van der Waals surface area contributed by atoms with E-state index in [2.05, 4.69) is 5.32 Å². The summed E-state index contributed by atoms with van der Waals surface area (Å²) >= 11 is 0. The number of benzene rings is 1. The van der Waals surface area contributed by atoms with Gasteiger partial charge in [-0.3, -0.25) is 4.79 Å². The lowest BCUT2D eigenvalue weighted by atomic mass is 10.00. The number of fused-ring (bicyclic) bond motifs is 1. The van der Waals surface area contributed by atoms with Crippen LogP contribution in [0.25, 0.3) is 11.0 Å². The van der Waals surface area contributed by atoms with Crippen molar-refractivity contribution in [3.8, 4) is 5.75 Å². The highest BCUT2D eigenvalue weighted by molar-refractivity contribution is 5.83. The summed E-state index contributed by atoms with van der Waals surface area (Å²) < 4.78 is 11.2. The lowest BCUT2D eigenvalue weighted by Crippen LogP contribution is -2.42. The molecule has 1 aromatic heterocycles. The van der Waals surface area contributed by atoms with Crippen LogP contribution in [0.5, 0.6) is 5.75 Å². The Bertz CT molecular complexity index is 847. The molecule has 1 saturated carbocycles. The van der Waals surface area contributed by atoms with Crippen LogP contribution in [-0.4, -0.2) is 18.1 Å². The Labute approximate surface area is 160 Å². The first-order chi connectivity index (χ1) is 12.9. The molecule has 0 aliphatic heterocycles. The molecule has 1 fully saturated rings. The zero-order chi connectivity index (χ0) is 19.4. The van der Waals surface area contributed by atoms with E-state index in [4.69, 9.17) is 9.15 Å². The van der Waals surface area contributed by atoms with Gasteiger partial charge in [-0.1, -0.05) is 39.5 Å². The summed E-state index contributed by atoms with van der Waals surface area (Å²) in [6.45, 7) is 5.83. The van der Waals surface area contributed by atoms with Gasteiger partial charge >= 0.3 is 5.63 Å². The second-order valence-corrected chi connectivity index (χ2v) is 7.79. The molecule has 1 amide bonds.